The molecule has 1 aromatic heterocycles. The number of rotatable bonds is 1. The summed E-state index contributed by atoms with van der Waals surface area (Å²) in [5, 5.41) is 10.3. The van der Waals surface area contributed by atoms with Crippen LogP contribution in [-0.4, -0.2) is 18.9 Å². The zero-order valence-electron chi connectivity index (χ0n) is 7.01. The summed E-state index contributed by atoms with van der Waals surface area (Å²) in [5.74, 6) is -0.295. The smallest absolute Gasteiger partial charge is 0.156 e. The van der Waals surface area contributed by atoms with Gasteiger partial charge in [-0.25, -0.2) is 0 Å². The summed E-state index contributed by atoms with van der Waals surface area (Å²) in [6, 6.07) is 6.42. The van der Waals surface area contributed by atoms with E-state index in [4.69, 9.17) is 0 Å². The van der Waals surface area contributed by atoms with Gasteiger partial charge in [0.05, 0.1) is 4.90 Å². The summed E-state index contributed by atoms with van der Waals surface area (Å²) in [6.07, 6.45) is 1.50. The molecule has 0 aliphatic carbocycles. The molecule has 0 saturated heterocycles. The van der Waals surface area contributed by atoms with Crippen molar-refractivity contribution in [3.05, 3.63) is 30.5 Å². The van der Waals surface area contributed by atoms with Crippen molar-refractivity contribution < 1.29 is 13.9 Å². The Kier molecular flexibility index (Phi) is 2.18. The van der Waals surface area contributed by atoms with Gasteiger partial charge in [-0.15, -0.1) is 0 Å². The molecule has 1 unspecified atom stereocenters. The maximum Gasteiger partial charge on any atom is 0.156 e. The number of hydrogen-bond acceptors (Lipinski definition) is 4. The minimum atomic E-state index is -2.44. The molecule has 0 spiro atoms. The standard InChI is InChI=1S/C9H7NO3S/c11-9-7(14(12)13)4-3-6-2-1-5-10-8(6)9/h1-5,11H,(H,12,13)/p-1. The Morgan fingerprint density at radius 2 is 2.14 bits per heavy atom. The first-order valence-electron chi connectivity index (χ1n) is 3.86. The van der Waals surface area contributed by atoms with Crippen molar-refractivity contribution >= 4 is 22.0 Å². The van der Waals surface area contributed by atoms with Crippen LogP contribution in [-0.2, 0) is 11.1 Å². The van der Waals surface area contributed by atoms with Crippen molar-refractivity contribution in [1.82, 2.24) is 4.98 Å². The number of aromatic nitrogens is 1. The van der Waals surface area contributed by atoms with Crippen LogP contribution < -0.4 is 0 Å². The second-order valence-electron chi connectivity index (χ2n) is 2.72. The number of hydrogen-bond donors (Lipinski definition) is 1. The molecule has 72 valence electrons. The predicted molar refractivity (Wildman–Crippen MR) is 50.6 cm³/mol. The van der Waals surface area contributed by atoms with Crippen LogP contribution in [0.15, 0.2) is 35.4 Å². The first-order valence-corrected chi connectivity index (χ1v) is 4.93. The van der Waals surface area contributed by atoms with Gasteiger partial charge in [0.15, 0.2) is 5.75 Å². The lowest BCUT2D eigenvalue weighted by molar-refractivity contribution is 0.460. The summed E-state index contributed by atoms with van der Waals surface area (Å²) in [5.41, 5.74) is 0.300. The third kappa shape index (κ3) is 1.36. The van der Waals surface area contributed by atoms with Crippen LogP contribution in [0.2, 0.25) is 0 Å². The van der Waals surface area contributed by atoms with E-state index in [9.17, 15) is 13.9 Å². The zero-order chi connectivity index (χ0) is 10.1. The molecule has 0 fully saturated rings. The lowest BCUT2D eigenvalue weighted by Gasteiger charge is -2.08. The number of pyridine rings is 1. The number of aromatic hydroxyl groups is 1. The van der Waals surface area contributed by atoms with Crippen LogP contribution in [0.25, 0.3) is 10.9 Å². The van der Waals surface area contributed by atoms with E-state index in [-0.39, 0.29) is 10.6 Å². The largest absolute Gasteiger partial charge is 0.768 e. The number of nitrogens with zero attached hydrogens (tertiary/aromatic N) is 1. The summed E-state index contributed by atoms with van der Waals surface area (Å²) in [7, 11) is 0. The van der Waals surface area contributed by atoms with Gasteiger partial charge in [-0.1, -0.05) is 12.1 Å². The Hall–Kier alpha value is -1.46. The fraction of sp³-hybridized carbons (Fsp3) is 0. The molecule has 2 rings (SSSR count). The molecule has 5 heteroatoms. The topological polar surface area (TPSA) is 73.2 Å². The lowest BCUT2D eigenvalue weighted by atomic mass is 10.2. The maximum absolute atomic E-state index is 10.7. The molecule has 0 amide bonds. The van der Waals surface area contributed by atoms with Crippen LogP contribution in [0.4, 0.5) is 0 Å². The normalized spacial score (nSPS) is 12.9. The Morgan fingerprint density at radius 3 is 2.86 bits per heavy atom. The van der Waals surface area contributed by atoms with E-state index >= 15 is 0 Å². The zero-order valence-corrected chi connectivity index (χ0v) is 7.82. The first-order chi connectivity index (χ1) is 6.70. The lowest BCUT2D eigenvalue weighted by Crippen LogP contribution is -1.90. The van der Waals surface area contributed by atoms with Crippen molar-refractivity contribution in [1.29, 1.82) is 0 Å². The molecular weight excluding hydrogens is 202 g/mol. The highest BCUT2D eigenvalue weighted by molar-refractivity contribution is 7.79. The first kappa shape index (κ1) is 9.11. The summed E-state index contributed by atoms with van der Waals surface area (Å²) >= 11 is -2.44. The van der Waals surface area contributed by atoms with Crippen molar-refractivity contribution in [3.63, 3.8) is 0 Å². The van der Waals surface area contributed by atoms with Gasteiger partial charge in [-0.05, 0) is 23.2 Å². The van der Waals surface area contributed by atoms with Gasteiger partial charge in [-0.3, -0.25) is 9.19 Å². The van der Waals surface area contributed by atoms with Crippen LogP contribution >= 0.6 is 0 Å². The molecule has 0 aliphatic rings. The highest BCUT2D eigenvalue weighted by atomic mass is 32.2. The molecule has 1 N–H and O–H groups in total. The average molecular weight is 208 g/mol. The van der Waals surface area contributed by atoms with Crippen molar-refractivity contribution in [2.45, 2.75) is 4.90 Å². The van der Waals surface area contributed by atoms with Gasteiger partial charge in [0.25, 0.3) is 0 Å². The maximum atomic E-state index is 10.7. The van der Waals surface area contributed by atoms with E-state index in [1.807, 2.05) is 0 Å². The van der Waals surface area contributed by atoms with Crippen molar-refractivity contribution in [2.24, 2.45) is 0 Å². The Morgan fingerprint density at radius 1 is 1.36 bits per heavy atom. The molecule has 2 aromatic rings. The molecule has 0 bridgehead atoms. The second kappa shape index (κ2) is 3.36. The van der Waals surface area contributed by atoms with Gasteiger partial charge in [0.2, 0.25) is 0 Å². The monoisotopic (exact) mass is 208 g/mol. The molecular formula is C9H6NO3S-. The summed E-state index contributed by atoms with van der Waals surface area (Å²) in [4.78, 5) is 3.77. The highest BCUT2D eigenvalue weighted by Gasteiger charge is 2.06. The van der Waals surface area contributed by atoms with Crippen LogP contribution in [0.3, 0.4) is 0 Å². The fourth-order valence-electron chi connectivity index (χ4n) is 1.25. The molecule has 0 saturated carbocycles. The van der Waals surface area contributed by atoms with Gasteiger partial charge < -0.3 is 9.66 Å². The van der Waals surface area contributed by atoms with E-state index in [0.29, 0.717) is 10.9 Å². The quantitative estimate of drug-likeness (QED) is 0.714. The van der Waals surface area contributed by atoms with E-state index in [2.05, 4.69) is 4.98 Å². The van der Waals surface area contributed by atoms with E-state index in [0.717, 1.165) is 0 Å². The minimum Gasteiger partial charge on any atom is -0.768 e. The molecule has 1 atom stereocenters. The number of phenols is 1. The van der Waals surface area contributed by atoms with Gasteiger partial charge in [-0.2, -0.15) is 0 Å². The van der Waals surface area contributed by atoms with Crippen LogP contribution in [0.1, 0.15) is 0 Å². The Bertz CT molecular complexity index is 512. The predicted octanol–water partition coefficient (Wildman–Crippen LogP) is 1.18. The minimum absolute atomic E-state index is 0.129. The third-order valence-corrected chi connectivity index (χ3v) is 2.58. The summed E-state index contributed by atoms with van der Waals surface area (Å²) < 4.78 is 21.4. The Labute approximate surface area is 82.5 Å². The van der Waals surface area contributed by atoms with E-state index in [1.165, 1.54) is 12.3 Å². The van der Waals surface area contributed by atoms with E-state index < -0.39 is 11.1 Å². The second-order valence-corrected chi connectivity index (χ2v) is 3.63. The number of fused-ring (bicyclic) bond motifs is 1. The molecule has 4 nitrogen and oxygen atoms in total. The average Bonchev–Trinajstić information content (AvgIpc) is 2.18. The van der Waals surface area contributed by atoms with Crippen molar-refractivity contribution in [3.8, 4) is 5.75 Å². The Balaban J connectivity index is 2.81. The van der Waals surface area contributed by atoms with Gasteiger partial charge >= 0.3 is 0 Å². The van der Waals surface area contributed by atoms with Crippen molar-refractivity contribution in [2.75, 3.05) is 0 Å². The molecule has 1 heterocycles. The number of phenolic OH excluding ortho intramolecular Hbond substituents is 1. The van der Waals surface area contributed by atoms with Crippen LogP contribution in [0, 0.1) is 0 Å². The van der Waals surface area contributed by atoms with Gasteiger partial charge in [0, 0.05) is 11.6 Å². The molecule has 0 aliphatic heterocycles. The molecule has 0 radical (unpaired) electrons. The fourth-order valence-corrected chi connectivity index (χ4v) is 1.68. The molecule has 14 heavy (non-hydrogen) atoms. The van der Waals surface area contributed by atoms with Crippen LogP contribution in [0.5, 0.6) is 5.75 Å². The summed E-state index contributed by atoms with van der Waals surface area (Å²) in [6.45, 7) is 0. The number of benzene rings is 1. The van der Waals surface area contributed by atoms with E-state index in [1.54, 1.807) is 18.2 Å². The third-order valence-electron chi connectivity index (χ3n) is 1.89. The molecule has 1 aromatic carbocycles. The SMILES string of the molecule is O=S([O-])c1ccc2cccnc2c1O. The highest BCUT2D eigenvalue weighted by Crippen LogP contribution is 2.28. The van der Waals surface area contributed by atoms with Gasteiger partial charge in [0.1, 0.15) is 5.52 Å².